The van der Waals surface area contributed by atoms with Gasteiger partial charge in [-0.25, -0.2) is 4.79 Å². The molecule has 3 rings (SSSR count). The fraction of sp³-hybridized carbons (Fsp3) is 0.652. The van der Waals surface area contributed by atoms with Crippen LogP contribution in [0.1, 0.15) is 76.1 Å². The second kappa shape index (κ2) is 8.54. The maximum atomic E-state index is 12.7. The third-order valence-electron chi connectivity index (χ3n) is 5.75. The van der Waals surface area contributed by atoms with E-state index in [1.165, 1.54) is 36.0 Å². The monoisotopic (exact) mass is 386 g/mol. The number of rotatable bonds is 3. The maximum Gasteiger partial charge on any atom is 0.410 e. The van der Waals surface area contributed by atoms with Crippen LogP contribution in [0.25, 0.3) is 0 Å². The van der Waals surface area contributed by atoms with Crippen LogP contribution in [-0.2, 0) is 22.4 Å². The van der Waals surface area contributed by atoms with E-state index in [0.29, 0.717) is 25.9 Å². The van der Waals surface area contributed by atoms with Gasteiger partial charge in [0.25, 0.3) is 0 Å². The first-order valence-electron chi connectivity index (χ1n) is 10.6. The fourth-order valence-corrected chi connectivity index (χ4v) is 4.09. The Bertz CT molecular complexity index is 715. The van der Waals surface area contributed by atoms with Gasteiger partial charge in [0.1, 0.15) is 5.60 Å². The van der Waals surface area contributed by atoms with E-state index in [-0.39, 0.29) is 24.0 Å². The Labute approximate surface area is 168 Å². The molecule has 1 aliphatic heterocycles. The third kappa shape index (κ3) is 5.27. The van der Waals surface area contributed by atoms with Crippen LogP contribution in [0, 0.1) is 5.92 Å². The van der Waals surface area contributed by atoms with E-state index < -0.39 is 5.60 Å². The number of hydrogen-bond acceptors (Lipinski definition) is 3. The Morgan fingerprint density at radius 3 is 2.39 bits per heavy atom. The molecule has 1 aromatic rings. The molecule has 1 aromatic carbocycles. The van der Waals surface area contributed by atoms with Crippen molar-refractivity contribution in [3.05, 3.63) is 34.9 Å². The summed E-state index contributed by atoms with van der Waals surface area (Å²) in [6.07, 6.45) is 5.94. The summed E-state index contributed by atoms with van der Waals surface area (Å²) in [4.78, 5) is 26.6. The molecule has 0 bridgehead atoms. The quantitative estimate of drug-likeness (QED) is 0.838. The van der Waals surface area contributed by atoms with Crippen LogP contribution < -0.4 is 5.32 Å². The van der Waals surface area contributed by atoms with Gasteiger partial charge in [0.15, 0.2) is 0 Å². The predicted molar refractivity (Wildman–Crippen MR) is 110 cm³/mol. The number of hydrogen-bond donors (Lipinski definition) is 1. The molecule has 2 aliphatic rings. The molecule has 5 nitrogen and oxygen atoms in total. The van der Waals surface area contributed by atoms with Crippen LogP contribution in [0.4, 0.5) is 4.79 Å². The highest BCUT2D eigenvalue weighted by molar-refractivity contribution is 5.79. The molecule has 0 unspecified atom stereocenters. The zero-order valence-electron chi connectivity index (χ0n) is 17.7. The van der Waals surface area contributed by atoms with Crippen molar-refractivity contribution >= 4 is 12.0 Å². The second-order valence-corrected chi connectivity index (χ2v) is 9.21. The maximum absolute atomic E-state index is 12.7. The minimum Gasteiger partial charge on any atom is -0.444 e. The molecule has 1 atom stereocenters. The van der Waals surface area contributed by atoms with Crippen molar-refractivity contribution in [1.82, 2.24) is 10.2 Å². The molecular weight excluding hydrogens is 352 g/mol. The largest absolute Gasteiger partial charge is 0.444 e. The van der Waals surface area contributed by atoms with Gasteiger partial charge >= 0.3 is 6.09 Å². The molecule has 1 fully saturated rings. The molecule has 0 radical (unpaired) electrons. The van der Waals surface area contributed by atoms with Crippen LogP contribution >= 0.6 is 0 Å². The van der Waals surface area contributed by atoms with Crippen molar-refractivity contribution in [1.29, 1.82) is 0 Å². The number of likely N-dealkylation sites (tertiary alicyclic amines) is 1. The summed E-state index contributed by atoms with van der Waals surface area (Å²) in [5, 5.41) is 3.18. The summed E-state index contributed by atoms with van der Waals surface area (Å²) in [5.74, 6) is 0.0489. The molecule has 1 saturated heterocycles. The summed E-state index contributed by atoms with van der Waals surface area (Å²) in [6.45, 7) is 8.80. The molecule has 1 aliphatic carbocycles. The highest BCUT2D eigenvalue weighted by Gasteiger charge is 2.30. The standard InChI is InChI=1S/C23H34N2O3/c1-16(19-10-9-17-7-5-6-8-20(17)15-19)24-21(26)18-11-13-25(14-12-18)22(27)28-23(2,3)4/h9-10,15-16,18H,5-8,11-14H2,1-4H3,(H,24,26)/t16-/m0/s1. The SMILES string of the molecule is C[C@H](NC(=O)C1CCN(C(=O)OC(C)(C)C)CC1)c1ccc2c(c1)CCCC2. The molecule has 0 aromatic heterocycles. The number of carbonyl (C=O) groups is 2. The van der Waals surface area contributed by atoms with Gasteiger partial charge in [-0.15, -0.1) is 0 Å². The smallest absolute Gasteiger partial charge is 0.410 e. The number of amides is 2. The Balaban J connectivity index is 1.51. The summed E-state index contributed by atoms with van der Waals surface area (Å²) in [6, 6.07) is 6.65. The van der Waals surface area contributed by atoms with E-state index in [2.05, 4.69) is 30.4 Å². The van der Waals surface area contributed by atoms with E-state index >= 15 is 0 Å². The minimum absolute atomic E-state index is 0.00334. The summed E-state index contributed by atoms with van der Waals surface area (Å²) in [7, 11) is 0. The van der Waals surface area contributed by atoms with Crippen LogP contribution in [0.3, 0.4) is 0 Å². The number of ether oxygens (including phenoxy) is 1. The molecule has 1 N–H and O–H groups in total. The minimum atomic E-state index is -0.490. The fourth-order valence-electron chi connectivity index (χ4n) is 4.09. The molecule has 0 spiro atoms. The average molecular weight is 387 g/mol. The first kappa shape index (κ1) is 20.7. The normalized spacial score (nSPS) is 18.9. The van der Waals surface area contributed by atoms with Gasteiger partial charge in [-0.3, -0.25) is 4.79 Å². The van der Waals surface area contributed by atoms with Gasteiger partial charge in [0.2, 0.25) is 5.91 Å². The van der Waals surface area contributed by atoms with Crippen LogP contribution in [0.15, 0.2) is 18.2 Å². The van der Waals surface area contributed by atoms with Crippen molar-refractivity contribution in [2.45, 2.75) is 77.9 Å². The van der Waals surface area contributed by atoms with Crippen molar-refractivity contribution in [2.75, 3.05) is 13.1 Å². The van der Waals surface area contributed by atoms with E-state index in [4.69, 9.17) is 4.74 Å². The number of nitrogens with zero attached hydrogens (tertiary/aromatic N) is 1. The zero-order chi connectivity index (χ0) is 20.3. The van der Waals surface area contributed by atoms with Crippen LogP contribution in [0.5, 0.6) is 0 Å². The van der Waals surface area contributed by atoms with E-state index in [0.717, 1.165) is 6.42 Å². The van der Waals surface area contributed by atoms with Crippen LogP contribution in [-0.4, -0.2) is 35.6 Å². The Morgan fingerprint density at radius 2 is 1.75 bits per heavy atom. The summed E-state index contributed by atoms with van der Waals surface area (Å²) >= 11 is 0. The Kier molecular flexibility index (Phi) is 6.31. The highest BCUT2D eigenvalue weighted by Crippen LogP contribution is 2.26. The van der Waals surface area contributed by atoms with Crippen molar-refractivity contribution in [2.24, 2.45) is 5.92 Å². The zero-order valence-corrected chi connectivity index (χ0v) is 17.7. The van der Waals surface area contributed by atoms with Crippen molar-refractivity contribution in [3.63, 3.8) is 0 Å². The molecule has 0 saturated carbocycles. The van der Waals surface area contributed by atoms with Gasteiger partial charge < -0.3 is 15.0 Å². The summed E-state index contributed by atoms with van der Waals surface area (Å²) < 4.78 is 5.43. The Morgan fingerprint density at radius 1 is 1.11 bits per heavy atom. The average Bonchev–Trinajstić information content (AvgIpc) is 2.66. The lowest BCUT2D eigenvalue weighted by atomic mass is 9.89. The number of piperidine rings is 1. The molecule has 1 heterocycles. The first-order chi connectivity index (χ1) is 13.2. The lowest BCUT2D eigenvalue weighted by Crippen LogP contribution is -2.45. The lowest BCUT2D eigenvalue weighted by Gasteiger charge is -2.33. The van der Waals surface area contributed by atoms with Crippen molar-refractivity contribution < 1.29 is 14.3 Å². The van der Waals surface area contributed by atoms with Crippen molar-refractivity contribution in [3.8, 4) is 0 Å². The molecule has 5 heteroatoms. The lowest BCUT2D eigenvalue weighted by molar-refractivity contribution is -0.127. The topological polar surface area (TPSA) is 58.6 Å². The molecule has 28 heavy (non-hydrogen) atoms. The van der Waals surface area contributed by atoms with Gasteiger partial charge in [0, 0.05) is 19.0 Å². The van der Waals surface area contributed by atoms with Crippen LogP contribution in [0.2, 0.25) is 0 Å². The van der Waals surface area contributed by atoms with E-state index in [1.807, 2.05) is 20.8 Å². The van der Waals surface area contributed by atoms with Gasteiger partial charge in [0.05, 0.1) is 6.04 Å². The first-order valence-corrected chi connectivity index (χ1v) is 10.6. The van der Waals surface area contributed by atoms with Gasteiger partial charge in [-0.05, 0) is 82.9 Å². The number of carbonyl (C=O) groups excluding carboxylic acids is 2. The Hall–Kier alpha value is -2.04. The molecule has 2 amide bonds. The number of benzene rings is 1. The molecular formula is C23H34N2O3. The number of aryl methyl sites for hydroxylation is 2. The number of fused-ring (bicyclic) bond motifs is 1. The second-order valence-electron chi connectivity index (χ2n) is 9.21. The summed E-state index contributed by atoms with van der Waals surface area (Å²) in [5.41, 5.74) is 3.59. The predicted octanol–water partition coefficient (Wildman–Crippen LogP) is 4.39. The van der Waals surface area contributed by atoms with Gasteiger partial charge in [-0.2, -0.15) is 0 Å². The third-order valence-corrected chi connectivity index (χ3v) is 5.75. The molecule has 154 valence electrons. The van der Waals surface area contributed by atoms with Gasteiger partial charge in [-0.1, -0.05) is 18.2 Å². The number of nitrogens with one attached hydrogen (secondary N) is 1. The highest BCUT2D eigenvalue weighted by atomic mass is 16.6. The van der Waals surface area contributed by atoms with E-state index in [9.17, 15) is 9.59 Å². The van der Waals surface area contributed by atoms with E-state index in [1.54, 1.807) is 4.90 Å².